The van der Waals surface area contributed by atoms with Crippen molar-refractivity contribution in [2.24, 2.45) is 23.7 Å². The Bertz CT molecular complexity index is 480. The predicted molar refractivity (Wildman–Crippen MR) is 90.1 cm³/mol. The number of hydrogen-bond acceptors (Lipinski definition) is 0. The molecule has 0 aliphatic heterocycles. The summed E-state index contributed by atoms with van der Waals surface area (Å²) < 4.78 is 26.4. The van der Waals surface area contributed by atoms with Crippen LogP contribution in [-0.2, 0) is 6.42 Å². The van der Waals surface area contributed by atoms with Crippen molar-refractivity contribution in [2.75, 3.05) is 0 Å². The van der Waals surface area contributed by atoms with Gasteiger partial charge in [0.1, 0.15) is 0 Å². The maximum absolute atomic E-state index is 13.2. The molecule has 1 aromatic rings. The van der Waals surface area contributed by atoms with Crippen molar-refractivity contribution in [3.8, 4) is 0 Å². The van der Waals surface area contributed by atoms with E-state index < -0.39 is 11.6 Å². The minimum absolute atomic E-state index is 0. The predicted octanol–water partition coefficient (Wildman–Crippen LogP) is 6.33. The van der Waals surface area contributed by atoms with Crippen molar-refractivity contribution >= 4 is 0 Å². The molecule has 0 spiro atoms. The smallest absolute Gasteiger partial charge is 0.0139 e. The van der Waals surface area contributed by atoms with Gasteiger partial charge in [0.2, 0.25) is 0 Å². The van der Waals surface area contributed by atoms with E-state index in [1.165, 1.54) is 63.5 Å². The van der Waals surface area contributed by atoms with E-state index in [4.69, 9.17) is 0 Å². The topological polar surface area (TPSA) is 0 Å². The van der Waals surface area contributed by atoms with E-state index in [2.05, 4.69) is 13.0 Å². The molecule has 2 saturated carbocycles. The van der Waals surface area contributed by atoms with Crippen LogP contribution in [0.3, 0.4) is 0 Å². The Hall–Kier alpha value is 0.599. The normalized spacial score (nSPS) is 30.6. The first-order valence-corrected chi connectivity index (χ1v) is 9.47. The van der Waals surface area contributed by atoms with E-state index in [0.29, 0.717) is 0 Å². The van der Waals surface area contributed by atoms with Crippen LogP contribution in [-0.4, -0.2) is 0 Å². The van der Waals surface area contributed by atoms with Gasteiger partial charge in [-0.25, -0.2) is 8.78 Å². The summed E-state index contributed by atoms with van der Waals surface area (Å²) in [5.74, 6) is 2.45. The van der Waals surface area contributed by atoms with Crippen molar-refractivity contribution in [3.63, 3.8) is 0 Å². The Morgan fingerprint density at radius 1 is 0.875 bits per heavy atom. The average molecular weight is 492 g/mol. The zero-order valence-electron chi connectivity index (χ0n) is 14.6. The summed E-state index contributed by atoms with van der Waals surface area (Å²) in [7, 11) is 0. The second-order valence-corrected chi connectivity index (χ2v) is 8.02. The number of aryl methyl sites for hydroxylation is 1. The molecule has 142 valence electrons. The van der Waals surface area contributed by atoms with Crippen molar-refractivity contribution in [1.29, 1.82) is 0 Å². The first kappa shape index (κ1) is 20.9. The molecule has 0 saturated heterocycles. The van der Waals surface area contributed by atoms with E-state index in [9.17, 15) is 8.78 Å². The second-order valence-electron chi connectivity index (χ2n) is 8.02. The van der Waals surface area contributed by atoms with Crippen LogP contribution < -0.4 is 0 Å². The first-order chi connectivity index (χ1) is 11.1. The monoisotopic (exact) mass is 493 g/mol. The third-order valence-electron chi connectivity index (χ3n) is 6.32. The molecule has 0 aromatic heterocycles. The molecule has 1 aromatic carbocycles. The van der Waals surface area contributed by atoms with Crippen molar-refractivity contribution < 1.29 is 55.7 Å². The van der Waals surface area contributed by atoms with E-state index in [-0.39, 0.29) is 46.9 Å². The van der Waals surface area contributed by atoms with E-state index in [1.54, 1.807) is 0 Å². The fraction of sp³-hybridized carbons (Fsp3) is 0.714. The minimum Gasteiger partial charge on any atom is -0.236 e. The first-order valence-electron chi connectivity index (χ1n) is 9.47. The van der Waals surface area contributed by atoms with E-state index >= 15 is 0 Å². The molecule has 0 amide bonds. The largest absolute Gasteiger partial charge is 0.236 e. The van der Waals surface area contributed by atoms with Gasteiger partial charge in [-0.3, -0.25) is 0 Å². The summed E-state index contributed by atoms with van der Waals surface area (Å²) in [5.41, 5.74) is 0.780. The number of halogens is 2. The number of benzene rings is 1. The molecule has 24 heavy (non-hydrogen) atoms. The van der Waals surface area contributed by atoms with Crippen LogP contribution >= 0.6 is 0 Å². The molecule has 3 rings (SSSR count). The molecule has 2 fully saturated rings. The van der Waals surface area contributed by atoms with Crippen molar-refractivity contribution in [3.05, 3.63) is 35.4 Å². The Balaban J connectivity index is 0.00000208. The van der Waals surface area contributed by atoms with Gasteiger partial charge in [-0.1, -0.05) is 39.0 Å². The Labute approximate surface area is 184 Å². The summed E-state index contributed by atoms with van der Waals surface area (Å²) >= 11 is 0. The van der Waals surface area contributed by atoms with E-state index in [1.807, 2.05) is 0 Å². The van der Waals surface area contributed by atoms with Gasteiger partial charge in [-0.15, -0.1) is 18.2 Å². The van der Waals surface area contributed by atoms with Crippen LogP contribution in [0.1, 0.15) is 70.3 Å². The maximum atomic E-state index is 13.2. The summed E-state index contributed by atoms with van der Waals surface area (Å²) in [6.45, 7) is 2.39. The molecular weight excluding hydrogens is 463 g/mol. The van der Waals surface area contributed by atoms with Crippen LogP contribution in [0, 0.1) is 88.3 Å². The van der Waals surface area contributed by atoms with Crippen molar-refractivity contribution in [1.82, 2.24) is 0 Å². The van der Waals surface area contributed by atoms with Crippen LogP contribution in [0.15, 0.2) is 12.1 Å². The van der Waals surface area contributed by atoms with Gasteiger partial charge < -0.3 is 0 Å². The molecule has 0 atom stereocenters. The van der Waals surface area contributed by atoms with Crippen LogP contribution in [0.4, 0.5) is 8.78 Å². The Morgan fingerprint density at radius 2 is 1.38 bits per heavy atom. The zero-order chi connectivity index (χ0) is 16.2. The summed E-state index contributed by atoms with van der Waals surface area (Å²) in [4.78, 5) is 0. The molecule has 3 heteroatoms. The maximum Gasteiger partial charge on any atom is 0.0139 e. The Morgan fingerprint density at radius 3 is 1.92 bits per heavy atom. The summed E-state index contributed by atoms with van der Waals surface area (Å²) in [6.07, 6.45) is 12.9. The molecule has 0 N–H and O–H groups in total. The third-order valence-corrected chi connectivity index (χ3v) is 6.32. The van der Waals surface area contributed by atoms with Gasteiger partial charge >= 0.3 is 0 Å². The number of rotatable bonds is 4. The fourth-order valence-corrected chi connectivity index (χ4v) is 4.77. The van der Waals surface area contributed by atoms with Crippen LogP contribution in [0.5, 0.6) is 0 Å². The molecule has 0 radical (unpaired) electrons. The zero-order valence-corrected chi connectivity index (χ0v) is 16.3. The van der Waals surface area contributed by atoms with E-state index in [0.717, 1.165) is 42.1 Å². The van der Waals surface area contributed by atoms with Gasteiger partial charge in [-0.2, -0.15) is 5.56 Å². The molecular formula is C21H29F2Yb-. The minimum atomic E-state index is -0.574. The van der Waals surface area contributed by atoms with Gasteiger partial charge in [0, 0.05) is 58.6 Å². The van der Waals surface area contributed by atoms with Crippen LogP contribution in [0.2, 0.25) is 0 Å². The second kappa shape index (κ2) is 10.1. The summed E-state index contributed by atoms with van der Waals surface area (Å²) in [6, 6.07) is 4.92. The summed E-state index contributed by atoms with van der Waals surface area (Å²) in [5, 5.41) is 0. The van der Waals surface area contributed by atoms with Gasteiger partial charge in [0.05, 0.1) is 0 Å². The third kappa shape index (κ3) is 6.09. The molecule has 0 unspecified atom stereocenters. The van der Waals surface area contributed by atoms with Gasteiger partial charge in [0.15, 0.2) is 0 Å². The van der Waals surface area contributed by atoms with Gasteiger partial charge in [-0.05, 0) is 55.8 Å². The molecule has 2 aliphatic rings. The van der Waals surface area contributed by atoms with Gasteiger partial charge in [0.25, 0.3) is 0 Å². The number of hydrogen-bond donors (Lipinski definition) is 0. The molecule has 0 heterocycles. The standard InChI is InChI=1S/C21H29F2.Yb/c1-15-2-8-18(9-3-15)19-10-6-16(7-11-19)4-5-17-12-20(22)14-21(23)13-17;/h12-13,15-16,18-19H,2-11H2,1H3;/q-1;. The molecule has 2 aliphatic carbocycles. The quantitative estimate of drug-likeness (QED) is 0.431. The molecule has 0 nitrogen and oxygen atoms in total. The Kier molecular flexibility index (Phi) is 8.77. The van der Waals surface area contributed by atoms with Crippen molar-refractivity contribution in [2.45, 2.75) is 71.1 Å². The fourth-order valence-electron chi connectivity index (χ4n) is 4.77. The SMILES string of the molecule is CC1CCC(C2CCC(CCc3cc(F)[c-]c(F)c3)CC2)CC1.[Yb]. The average Bonchev–Trinajstić information content (AvgIpc) is 2.53. The molecule has 0 bridgehead atoms. The van der Waals surface area contributed by atoms with Crippen LogP contribution in [0.25, 0.3) is 0 Å².